The van der Waals surface area contributed by atoms with Crippen molar-refractivity contribution in [1.82, 2.24) is 4.90 Å². The lowest BCUT2D eigenvalue weighted by atomic mass is 10.2. The van der Waals surface area contributed by atoms with Gasteiger partial charge in [-0.15, -0.1) is 0 Å². The maximum Gasteiger partial charge on any atom is 0.0740 e. The molecular formula is C12H16Cl2N2S. The van der Waals surface area contributed by atoms with Crippen LogP contribution >= 0.6 is 35.4 Å². The highest BCUT2D eigenvalue weighted by molar-refractivity contribution is 7.80. The van der Waals surface area contributed by atoms with E-state index < -0.39 is 0 Å². The maximum absolute atomic E-state index is 6.13. The molecule has 0 unspecified atom stereocenters. The van der Waals surface area contributed by atoms with E-state index in [1.54, 1.807) is 0 Å². The Morgan fingerprint density at radius 1 is 1.35 bits per heavy atom. The Balaban J connectivity index is 2.70. The molecule has 0 heterocycles. The average molecular weight is 291 g/mol. The molecule has 0 aliphatic heterocycles. The van der Waals surface area contributed by atoms with Crippen molar-refractivity contribution in [1.29, 1.82) is 0 Å². The summed E-state index contributed by atoms with van der Waals surface area (Å²) in [5, 5.41) is 1.40. The van der Waals surface area contributed by atoms with Crippen LogP contribution in [-0.4, -0.2) is 23.0 Å². The number of hydrogen-bond donors (Lipinski definition) is 1. The Kier molecular flexibility index (Phi) is 6.20. The predicted molar refractivity (Wildman–Crippen MR) is 78.8 cm³/mol. The summed E-state index contributed by atoms with van der Waals surface area (Å²) in [7, 11) is 0. The molecule has 0 aliphatic carbocycles. The van der Waals surface area contributed by atoms with Gasteiger partial charge in [-0.1, -0.05) is 48.4 Å². The Morgan fingerprint density at radius 3 is 2.41 bits per heavy atom. The number of benzene rings is 1. The zero-order chi connectivity index (χ0) is 12.8. The molecule has 0 fully saturated rings. The van der Waals surface area contributed by atoms with E-state index in [1.807, 2.05) is 18.2 Å². The lowest BCUT2D eigenvalue weighted by Gasteiger charge is -2.21. The molecule has 1 aromatic rings. The molecule has 5 heteroatoms. The zero-order valence-electron chi connectivity index (χ0n) is 9.75. The van der Waals surface area contributed by atoms with E-state index in [0.29, 0.717) is 21.5 Å². The first-order valence-electron chi connectivity index (χ1n) is 5.48. The number of rotatable bonds is 6. The Bertz CT molecular complexity index is 376. The van der Waals surface area contributed by atoms with E-state index in [4.69, 9.17) is 41.2 Å². The van der Waals surface area contributed by atoms with Crippen molar-refractivity contribution in [3.05, 3.63) is 33.8 Å². The van der Waals surface area contributed by atoms with Crippen LogP contribution in [0.3, 0.4) is 0 Å². The number of nitrogens with zero attached hydrogens (tertiary/aromatic N) is 1. The van der Waals surface area contributed by atoms with Crippen molar-refractivity contribution >= 4 is 40.4 Å². The van der Waals surface area contributed by atoms with Gasteiger partial charge in [-0.05, 0) is 18.7 Å². The molecule has 0 aliphatic rings. The molecule has 0 saturated carbocycles. The topological polar surface area (TPSA) is 29.3 Å². The van der Waals surface area contributed by atoms with E-state index in [1.165, 1.54) is 0 Å². The van der Waals surface area contributed by atoms with Gasteiger partial charge in [0.05, 0.1) is 4.99 Å². The van der Waals surface area contributed by atoms with Gasteiger partial charge in [0.25, 0.3) is 0 Å². The van der Waals surface area contributed by atoms with Crippen LogP contribution in [0.5, 0.6) is 0 Å². The maximum atomic E-state index is 6.13. The smallest absolute Gasteiger partial charge is 0.0740 e. The summed E-state index contributed by atoms with van der Waals surface area (Å²) in [6.45, 7) is 4.54. The van der Waals surface area contributed by atoms with Crippen LogP contribution in [0.25, 0.3) is 0 Å². The molecule has 1 rings (SSSR count). The molecule has 0 bridgehead atoms. The molecule has 0 saturated heterocycles. The molecule has 0 atom stereocenters. The molecule has 0 radical (unpaired) electrons. The van der Waals surface area contributed by atoms with E-state index in [-0.39, 0.29) is 0 Å². The van der Waals surface area contributed by atoms with Crippen molar-refractivity contribution < 1.29 is 0 Å². The second kappa shape index (κ2) is 7.17. The molecule has 2 nitrogen and oxygen atoms in total. The minimum atomic E-state index is 0.536. The summed E-state index contributed by atoms with van der Waals surface area (Å²) in [5.74, 6) is 0. The minimum absolute atomic E-state index is 0.536. The highest BCUT2D eigenvalue weighted by Crippen LogP contribution is 2.25. The Hall–Kier alpha value is -0.350. The molecule has 0 aromatic heterocycles. The van der Waals surface area contributed by atoms with E-state index >= 15 is 0 Å². The predicted octanol–water partition coefficient (Wildman–Crippen LogP) is 3.49. The third kappa shape index (κ3) is 4.80. The first-order chi connectivity index (χ1) is 8.04. The summed E-state index contributed by atoms with van der Waals surface area (Å²) >= 11 is 17.1. The fourth-order valence-electron chi connectivity index (χ4n) is 1.52. The van der Waals surface area contributed by atoms with Gasteiger partial charge in [0.15, 0.2) is 0 Å². The highest BCUT2D eigenvalue weighted by atomic mass is 35.5. The minimum Gasteiger partial charge on any atom is -0.393 e. The van der Waals surface area contributed by atoms with Crippen LogP contribution in [0.4, 0.5) is 0 Å². The van der Waals surface area contributed by atoms with Gasteiger partial charge >= 0.3 is 0 Å². The van der Waals surface area contributed by atoms with Crippen molar-refractivity contribution in [3.63, 3.8) is 0 Å². The van der Waals surface area contributed by atoms with Gasteiger partial charge in [-0.3, -0.25) is 4.90 Å². The molecule has 1 aromatic carbocycles. The Morgan fingerprint density at radius 2 is 1.94 bits per heavy atom. The van der Waals surface area contributed by atoms with Crippen LogP contribution in [0.2, 0.25) is 10.0 Å². The summed E-state index contributed by atoms with van der Waals surface area (Å²) in [5.41, 5.74) is 6.46. The van der Waals surface area contributed by atoms with Crippen LogP contribution in [0, 0.1) is 0 Å². The van der Waals surface area contributed by atoms with E-state index in [0.717, 1.165) is 25.2 Å². The largest absolute Gasteiger partial charge is 0.393 e. The summed E-state index contributed by atoms with van der Waals surface area (Å²) < 4.78 is 0. The second-order valence-electron chi connectivity index (χ2n) is 3.79. The highest BCUT2D eigenvalue weighted by Gasteiger charge is 2.10. The first-order valence-corrected chi connectivity index (χ1v) is 6.64. The van der Waals surface area contributed by atoms with Gasteiger partial charge in [0, 0.05) is 35.1 Å². The van der Waals surface area contributed by atoms with Crippen LogP contribution in [0.15, 0.2) is 18.2 Å². The third-order valence-corrected chi connectivity index (χ3v) is 3.48. The lowest BCUT2D eigenvalue weighted by molar-refractivity contribution is 0.289. The monoisotopic (exact) mass is 290 g/mol. The first kappa shape index (κ1) is 14.7. The quantitative estimate of drug-likeness (QED) is 0.813. The molecule has 94 valence electrons. The van der Waals surface area contributed by atoms with Gasteiger partial charge in [0.1, 0.15) is 0 Å². The molecular weight excluding hydrogens is 275 g/mol. The van der Waals surface area contributed by atoms with Crippen LogP contribution in [-0.2, 0) is 6.54 Å². The van der Waals surface area contributed by atoms with E-state index in [9.17, 15) is 0 Å². The summed E-state index contributed by atoms with van der Waals surface area (Å²) in [4.78, 5) is 2.75. The molecule has 0 spiro atoms. The van der Waals surface area contributed by atoms with Gasteiger partial charge in [-0.25, -0.2) is 0 Å². The summed E-state index contributed by atoms with van der Waals surface area (Å²) in [6.07, 6.45) is 0.714. The lowest BCUT2D eigenvalue weighted by Crippen LogP contribution is -2.27. The van der Waals surface area contributed by atoms with Crippen molar-refractivity contribution in [3.8, 4) is 0 Å². The van der Waals surface area contributed by atoms with Gasteiger partial charge in [-0.2, -0.15) is 0 Å². The van der Waals surface area contributed by atoms with Crippen molar-refractivity contribution in [2.45, 2.75) is 19.9 Å². The normalized spacial score (nSPS) is 10.8. The van der Waals surface area contributed by atoms with E-state index in [2.05, 4.69) is 11.8 Å². The summed E-state index contributed by atoms with van der Waals surface area (Å²) in [6, 6.07) is 5.55. The molecule has 0 amide bonds. The zero-order valence-corrected chi connectivity index (χ0v) is 12.1. The van der Waals surface area contributed by atoms with Crippen LogP contribution < -0.4 is 5.73 Å². The van der Waals surface area contributed by atoms with Crippen molar-refractivity contribution in [2.75, 3.05) is 13.1 Å². The number of nitrogens with two attached hydrogens (primary N) is 1. The van der Waals surface area contributed by atoms with Gasteiger partial charge < -0.3 is 5.73 Å². The van der Waals surface area contributed by atoms with Gasteiger partial charge in [0.2, 0.25) is 0 Å². The van der Waals surface area contributed by atoms with Crippen LogP contribution in [0.1, 0.15) is 18.9 Å². The molecule has 2 N–H and O–H groups in total. The SMILES string of the molecule is CCN(CCC(N)=S)Cc1c(Cl)cccc1Cl. The van der Waals surface area contributed by atoms with Crippen molar-refractivity contribution in [2.24, 2.45) is 5.73 Å². The fraction of sp³-hybridized carbons (Fsp3) is 0.417. The third-order valence-electron chi connectivity index (χ3n) is 2.57. The second-order valence-corrected chi connectivity index (χ2v) is 5.12. The fourth-order valence-corrected chi connectivity index (χ4v) is 2.13. The molecule has 17 heavy (non-hydrogen) atoms. The number of hydrogen-bond acceptors (Lipinski definition) is 2. The average Bonchev–Trinajstić information content (AvgIpc) is 2.27. The standard InChI is InChI=1S/C12H16Cl2N2S/c1-2-16(7-6-12(15)17)8-9-10(13)4-3-5-11(9)14/h3-5H,2,6-8H2,1H3,(H2,15,17). The number of halogens is 2. The number of thiocarbonyl (C=S) groups is 1. The Labute approximate surface area is 118 Å².